The normalized spacial score (nSPS) is 10.5. The van der Waals surface area contributed by atoms with E-state index in [4.69, 9.17) is 16.3 Å². The number of amides is 1. The van der Waals surface area contributed by atoms with Crippen LogP contribution in [-0.4, -0.2) is 19.1 Å². The van der Waals surface area contributed by atoms with Crippen LogP contribution in [-0.2, 0) is 11.2 Å². The first kappa shape index (κ1) is 16.3. The van der Waals surface area contributed by atoms with Crippen molar-refractivity contribution in [2.24, 2.45) is 0 Å². The standard InChI is InChI=1S/C20H18ClNO2/c21-17-10-8-15(9-11-17)14-20(23)22-12-13-24-19-7-3-5-16-4-1-2-6-18(16)19/h1-11H,12-14H2,(H,22,23). The summed E-state index contributed by atoms with van der Waals surface area (Å²) in [6.45, 7) is 0.899. The van der Waals surface area contributed by atoms with Crippen LogP contribution in [0.4, 0.5) is 0 Å². The van der Waals surface area contributed by atoms with Crippen LogP contribution < -0.4 is 10.1 Å². The Hall–Kier alpha value is -2.52. The van der Waals surface area contributed by atoms with E-state index in [1.54, 1.807) is 12.1 Å². The molecule has 122 valence electrons. The minimum atomic E-state index is -0.0288. The third kappa shape index (κ3) is 4.27. The fourth-order valence-corrected chi connectivity index (χ4v) is 2.65. The number of hydrogen-bond donors (Lipinski definition) is 1. The summed E-state index contributed by atoms with van der Waals surface area (Å²) >= 11 is 5.83. The van der Waals surface area contributed by atoms with Crippen LogP contribution in [0.3, 0.4) is 0 Å². The van der Waals surface area contributed by atoms with Gasteiger partial charge in [0.1, 0.15) is 12.4 Å². The number of hydrogen-bond acceptors (Lipinski definition) is 2. The van der Waals surface area contributed by atoms with Gasteiger partial charge in [-0.3, -0.25) is 4.79 Å². The van der Waals surface area contributed by atoms with Gasteiger partial charge in [-0.15, -0.1) is 0 Å². The van der Waals surface area contributed by atoms with Crippen molar-refractivity contribution in [3.8, 4) is 5.75 Å². The van der Waals surface area contributed by atoms with E-state index in [1.165, 1.54) is 0 Å². The van der Waals surface area contributed by atoms with Crippen molar-refractivity contribution in [3.63, 3.8) is 0 Å². The van der Waals surface area contributed by atoms with Gasteiger partial charge in [-0.25, -0.2) is 0 Å². The second-order valence-corrected chi connectivity index (χ2v) is 5.92. The minimum Gasteiger partial charge on any atom is -0.491 e. The van der Waals surface area contributed by atoms with Crippen LogP contribution >= 0.6 is 11.6 Å². The first-order valence-electron chi connectivity index (χ1n) is 7.84. The monoisotopic (exact) mass is 339 g/mol. The molecule has 0 saturated carbocycles. The summed E-state index contributed by atoms with van der Waals surface area (Å²) in [5.74, 6) is 0.805. The van der Waals surface area contributed by atoms with E-state index in [9.17, 15) is 4.79 Å². The number of rotatable bonds is 6. The van der Waals surface area contributed by atoms with Crippen molar-refractivity contribution >= 4 is 28.3 Å². The summed E-state index contributed by atoms with van der Waals surface area (Å²) in [6.07, 6.45) is 0.339. The molecule has 0 fully saturated rings. The molecule has 0 unspecified atom stereocenters. The van der Waals surface area contributed by atoms with E-state index in [1.807, 2.05) is 42.5 Å². The summed E-state index contributed by atoms with van der Waals surface area (Å²) in [6, 6.07) is 21.3. The molecule has 3 rings (SSSR count). The highest BCUT2D eigenvalue weighted by Gasteiger charge is 2.04. The maximum Gasteiger partial charge on any atom is 0.224 e. The van der Waals surface area contributed by atoms with Crippen LogP contribution in [0.1, 0.15) is 5.56 Å². The number of halogens is 1. The van der Waals surface area contributed by atoms with Crippen LogP contribution in [0.5, 0.6) is 5.75 Å². The lowest BCUT2D eigenvalue weighted by atomic mass is 10.1. The molecule has 3 aromatic rings. The maximum absolute atomic E-state index is 11.9. The largest absolute Gasteiger partial charge is 0.491 e. The number of carbonyl (C=O) groups is 1. The van der Waals surface area contributed by atoms with Crippen LogP contribution in [0, 0.1) is 0 Å². The number of ether oxygens (including phenoxy) is 1. The molecule has 0 radical (unpaired) electrons. The third-order valence-electron chi connectivity index (χ3n) is 3.71. The van der Waals surface area contributed by atoms with E-state index in [0.29, 0.717) is 24.6 Å². The van der Waals surface area contributed by atoms with Crippen molar-refractivity contribution in [2.45, 2.75) is 6.42 Å². The number of benzene rings is 3. The molecule has 0 bridgehead atoms. The molecule has 3 nitrogen and oxygen atoms in total. The Morgan fingerprint density at radius 2 is 1.71 bits per heavy atom. The molecule has 3 aromatic carbocycles. The molecule has 0 aliphatic heterocycles. The highest BCUT2D eigenvalue weighted by atomic mass is 35.5. The molecule has 4 heteroatoms. The van der Waals surface area contributed by atoms with Gasteiger partial charge in [0.2, 0.25) is 5.91 Å². The van der Waals surface area contributed by atoms with Gasteiger partial charge in [-0.1, -0.05) is 60.1 Å². The van der Waals surface area contributed by atoms with E-state index in [2.05, 4.69) is 17.4 Å². The first-order chi connectivity index (χ1) is 11.7. The summed E-state index contributed by atoms with van der Waals surface area (Å²) in [5, 5.41) is 5.75. The Morgan fingerprint density at radius 1 is 0.958 bits per heavy atom. The number of fused-ring (bicyclic) bond motifs is 1. The lowest BCUT2D eigenvalue weighted by Gasteiger charge is -2.10. The predicted octanol–water partition coefficient (Wildman–Crippen LogP) is 4.23. The van der Waals surface area contributed by atoms with Crippen LogP contribution in [0.2, 0.25) is 5.02 Å². The third-order valence-corrected chi connectivity index (χ3v) is 3.96. The smallest absolute Gasteiger partial charge is 0.224 e. The fourth-order valence-electron chi connectivity index (χ4n) is 2.52. The van der Waals surface area contributed by atoms with Crippen molar-refractivity contribution in [1.29, 1.82) is 0 Å². The SMILES string of the molecule is O=C(Cc1ccc(Cl)cc1)NCCOc1cccc2ccccc12. The van der Waals surface area contributed by atoms with E-state index >= 15 is 0 Å². The molecule has 1 N–H and O–H groups in total. The van der Waals surface area contributed by atoms with Crippen LogP contribution in [0.15, 0.2) is 66.7 Å². The molecule has 24 heavy (non-hydrogen) atoms. The maximum atomic E-state index is 11.9. The zero-order valence-electron chi connectivity index (χ0n) is 13.2. The van der Waals surface area contributed by atoms with E-state index in [0.717, 1.165) is 22.1 Å². The van der Waals surface area contributed by atoms with Gasteiger partial charge in [0.15, 0.2) is 0 Å². The van der Waals surface area contributed by atoms with Crippen molar-refractivity contribution < 1.29 is 9.53 Å². The molecule has 0 spiro atoms. The van der Waals surface area contributed by atoms with Crippen molar-refractivity contribution in [2.75, 3.05) is 13.2 Å². The number of carbonyl (C=O) groups excluding carboxylic acids is 1. The highest BCUT2D eigenvalue weighted by Crippen LogP contribution is 2.24. The summed E-state index contributed by atoms with van der Waals surface area (Å²) in [5.41, 5.74) is 0.937. The Bertz CT molecular complexity index is 825. The summed E-state index contributed by atoms with van der Waals surface area (Å²) in [4.78, 5) is 11.9. The molecule has 0 aromatic heterocycles. The van der Waals surface area contributed by atoms with Gasteiger partial charge < -0.3 is 10.1 Å². The average Bonchev–Trinajstić information content (AvgIpc) is 2.61. The van der Waals surface area contributed by atoms with Gasteiger partial charge in [-0.2, -0.15) is 0 Å². The molecular weight excluding hydrogens is 322 g/mol. The van der Waals surface area contributed by atoms with Gasteiger partial charge >= 0.3 is 0 Å². The summed E-state index contributed by atoms with van der Waals surface area (Å²) in [7, 11) is 0. The lowest BCUT2D eigenvalue weighted by Crippen LogP contribution is -2.29. The highest BCUT2D eigenvalue weighted by molar-refractivity contribution is 6.30. The molecule has 0 atom stereocenters. The minimum absolute atomic E-state index is 0.0288. The molecular formula is C20H18ClNO2. The van der Waals surface area contributed by atoms with Gasteiger partial charge in [-0.05, 0) is 29.1 Å². The first-order valence-corrected chi connectivity index (χ1v) is 8.22. The van der Waals surface area contributed by atoms with E-state index in [-0.39, 0.29) is 5.91 Å². The zero-order chi connectivity index (χ0) is 16.8. The predicted molar refractivity (Wildman–Crippen MR) is 97.6 cm³/mol. The Labute approximate surface area is 146 Å². The second-order valence-electron chi connectivity index (χ2n) is 5.48. The molecule has 1 amide bonds. The molecule has 0 saturated heterocycles. The number of nitrogens with one attached hydrogen (secondary N) is 1. The summed E-state index contributed by atoms with van der Waals surface area (Å²) < 4.78 is 5.80. The fraction of sp³-hybridized carbons (Fsp3) is 0.150. The molecule has 0 aliphatic rings. The van der Waals surface area contributed by atoms with Gasteiger partial charge in [0, 0.05) is 10.4 Å². The van der Waals surface area contributed by atoms with E-state index < -0.39 is 0 Å². The Morgan fingerprint density at radius 3 is 2.54 bits per heavy atom. The quantitative estimate of drug-likeness (QED) is 0.682. The van der Waals surface area contributed by atoms with Gasteiger partial charge in [0.25, 0.3) is 0 Å². The second kappa shape index (κ2) is 7.84. The molecule has 0 aliphatic carbocycles. The zero-order valence-corrected chi connectivity index (χ0v) is 13.9. The van der Waals surface area contributed by atoms with Crippen molar-refractivity contribution in [1.82, 2.24) is 5.32 Å². The van der Waals surface area contributed by atoms with Crippen LogP contribution in [0.25, 0.3) is 10.8 Å². The van der Waals surface area contributed by atoms with Gasteiger partial charge in [0.05, 0.1) is 13.0 Å². The Balaban J connectivity index is 1.48. The average molecular weight is 340 g/mol. The topological polar surface area (TPSA) is 38.3 Å². The lowest BCUT2D eigenvalue weighted by molar-refractivity contribution is -0.120. The van der Waals surface area contributed by atoms with Crippen molar-refractivity contribution in [3.05, 3.63) is 77.3 Å². The Kier molecular flexibility index (Phi) is 5.34. The molecule has 0 heterocycles.